The molecular weight excluding hydrogens is 342 g/mol. The first-order valence-electron chi connectivity index (χ1n) is 7.88. The van der Waals surface area contributed by atoms with Gasteiger partial charge in [-0.1, -0.05) is 18.2 Å². The largest absolute Gasteiger partial charge is 0.482 e. The first kappa shape index (κ1) is 17.3. The van der Waals surface area contributed by atoms with Gasteiger partial charge in [0.1, 0.15) is 5.75 Å². The molecule has 0 saturated heterocycles. The van der Waals surface area contributed by atoms with E-state index in [9.17, 15) is 13.2 Å². The Hall–Kier alpha value is -2.54. The van der Waals surface area contributed by atoms with E-state index in [1.165, 1.54) is 22.5 Å². The molecule has 7 heteroatoms. The smallest absolute Gasteiger partial charge is 0.341 e. The van der Waals surface area contributed by atoms with Crippen molar-refractivity contribution in [2.45, 2.75) is 31.2 Å². The van der Waals surface area contributed by atoms with Gasteiger partial charge in [-0.3, -0.25) is 4.31 Å². The van der Waals surface area contributed by atoms with Gasteiger partial charge in [0.25, 0.3) is 10.0 Å². The van der Waals surface area contributed by atoms with Gasteiger partial charge < -0.3 is 9.84 Å². The number of carbonyl (C=O) groups is 1. The van der Waals surface area contributed by atoms with Crippen LogP contribution in [0.3, 0.4) is 0 Å². The predicted octanol–water partition coefficient (Wildman–Crippen LogP) is 2.60. The molecule has 132 valence electrons. The maximum absolute atomic E-state index is 13.1. The Morgan fingerprint density at radius 1 is 1.28 bits per heavy atom. The van der Waals surface area contributed by atoms with E-state index in [-0.39, 0.29) is 10.9 Å². The molecule has 1 atom stereocenters. The van der Waals surface area contributed by atoms with Crippen LogP contribution in [0, 0.1) is 6.92 Å². The lowest BCUT2D eigenvalue weighted by atomic mass is 10.1. The zero-order valence-corrected chi connectivity index (χ0v) is 14.8. The van der Waals surface area contributed by atoms with E-state index in [2.05, 4.69) is 0 Å². The van der Waals surface area contributed by atoms with Crippen LogP contribution in [-0.4, -0.2) is 32.1 Å². The van der Waals surface area contributed by atoms with Crippen LogP contribution >= 0.6 is 0 Å². The Labute approximate surface area is 146 Å². The summed E-state index contributed by atoms with van der Waals surface area (Å²) in [5.41, 5.74) is 2.29. The standard InChI is InChI=1S/C18H19NO5S/c1-12-9-15(7-8-17(12)24-11-18(20)21)25(22,23)19-13(2)10-14-5-3-4-6-16(14)19/h3-9,13H,10-11H2,1-2H3,(H,20,21). The molecule has 0 aliphatic carbocycles. The topological polar surface area (TPSA) is 83.9 Å². The third kappa shape index (κ3) is 3.19. The van der Waals surface area contributed by atoms with Gasteiger partial charge in [0.2, 0.25) is 0 Å². The summed E-state index contributed by atoms with van der Waals surface area (Å²) in [5, 5.41) is 8.69. The van der Waals surface area contributed by atoms with Crippen molar-refractivity contribution in [3.8, 4) is 5.75 Å². The van der Waals surface area contributed by atoms with E-state index >= 15 is 0 Å². The molecule has 0 aromatic heterocycles. The van der Waals surface area contributed by atoms with Crippen LogP contribution in [0.2, 0.25) is 0 Å². The van der Waals surface area contributed by atoms with Gasteiger partial charge in [-0.25, -0.2) is 13.2 Å². The van der Waals surface area contributed by atoms with E-state index < -0.39 is 22.6 Å². The van der Waals surface area contributed by atoms with Crippen molar-refractivity contribution in [2.24, 2.45) is 0 Å². The molecule has 1 aliphatic heterocycles. The van der Waals surface area contributed by atoms with Crippen LogP contribution in [0.25, 0.3) is 0 Å². The summed E-state index contributed by atoms with van der Waals surface area (Å²) in [6.45, 7) is 3.11. The maximum Gasteiger partial charge on any atom is 0.341 e. The van der Waals surface area contributed by atoms with Crippen molar-refractivity contribution in [1.82, 2.24) is 0 Å². The van der Waals surface area contributed by atoms with Gasteiger partial charge in [0.05, 0.1) is 10.6 Å². The Morgan fingerprint density at radius 3 is 2.68 bits per heavy atom. The second kappa shape index (κ2) is 6.40. The number of rotatable bonds is 5. The first-order chi connectivity index (χ1) is 11.8. The molecule has 6 nitrogen and oxygen atoms in total. The van der Waals surface area contributed by atoms with E-state index in [4.69, 9.17) is 9.84 Å². The molecule has 0 fully saturated rings. The number of sulfonamides is 1. The molecule has 2 aromatic rings. The molecule has 3 rings (SSSR count). The number of aliphatic carboxylic acids is 1. The number of benzene rings is 2. The highest BCUT2D eigenvalue weighted by molar-refractivity contribution is 7.92. The lowest BCUT2D eigenvalue weighted by Gasteiger charge is -2.24. The number of hydrogen-bond donors (Lipinski definition) is 1. The van der Waals surface area contributed by atoms with Crippen molar-refractivity contribution < 1.29 is 23.1 Å². The summed E-state index contributed by atoms with van der Waals surface area (Å²) in [6, 6.07) is 11.8. The van der Waals surface area contributed by atoms with Crippen LogP contribution in [0.4, 0.5) is 5.69 Å². The van der Waals surface area contributed by atoms with Gasteiger partial charge in [0.15, 0.2) is 6.61 Å². The minimum atomic E-state index is -3.71. The SMILES string of the molecule is Cc1cc(S(=O)(=O)N2c3ccccc3CC2C)ccc1OCC(=O)O. The highest BCUT2D eigenvalue weighted by atomic mass is 32.2. The zero-order chi connectivity index (χ0) is 18.2. The molecule has 1 aliphatic rings. The van der Waals surface area contributed by atoms with Gasteiger partial charge >= 0.3 is 5.97 Å². The maximum atomic E-state index is 13.1. The molecule has 0 saturated carbocycles. The zero-order valence-electron chi connectivity index (χ0n) is 14.0. The molecule has 0 spiro atoms. The molecule has 25 heavy (non-hydrogen) atoms. The van der Waals surface area contributed by atoms with Gasteiger partial charge in [0, 0.05) is 6.04 Å². The van der Waals surface area contributed by atoms with Crippen LogP contribution in [0.1, 0.15) is 18.1 Å². The number of anilines is 1. The van der Waals surface area contributed by atoms with Crippen molar-refractivity contribution in [1.29, 1.82) is 0 Å². The number of carboxylic acids is 1. The second-order valence-electron chi connectivity index (χ2n) is 6.09. The summed E-state index contributed by atoms with van der Waals surface area (Å²) in [4.78, 5) is 10.8. The van der Waals surface area contributed by atoms with E-state index in [1.807, 2.05) is 31.2 Å². The first-order valence-corrected chi connectivity index (χ1v) is 9.32. The van der Waals surface area contributed by atoms with Gasteiger partial charge in [-0.05, 0) is 55.7 Å². The third-order valence-electron chi connectivity index (χ3n) is 4.20. The highest BCUT2D eigenvalue weighted by Crippen LogP contribution is 2.37. The molecule has 2 aromatic carbocycles. The predicted molar refractivity (Wildman–Crippen MR) is 93.6 cm³/mol. The minimum Gasteiger partial charge on any atom is -0.482 e. The third-order valence-corrected chi connectivity index (χ3v) is 6.12. The Balaban J connectivity index is 1.96. The summed E-state index contributed by atoms with van der Waals surface area (Å²) in [6.07, 6.45) is 0.675. The number of hydrogen-bond acceptors (Lipinski definition) is 4. The van der Waals surface area contributed by atoms with Crippen LogP contribution in [0.5, 0.6) is 5.75 Å². The normalized spacial score (nSPS) is 16.6. The number of ether oxygens (including phenoxy) is 1. The molecule has 0 amide bonds. The van der Waals surface area contributed by atoms with Crippen LogP contribution < -0.4 is 9.04 Å². The van der Waals surface area contributed by atoms with Crippen molar-refractivity contribution in [3.05, 3.63) is 53.6 Å². The van der Waals surface area contributed by atoms with Gasteiger partial charge in [-0.15, -0.1) is 0 Å². The number of para-hydroxylation sites is 1. The van der Waals surface area contributed by atoms with Crippen molar-refractivity contribution in [3.63, 3.8) is 0 Å². The van der Waals surface area contributed by atoms with E-state index in [1.54, 1.807) is 6.92 Å². The average Bonchev–Trinajstić information content (AvgIpc) is 2.89. The second-order valence-corrected chi connectivity index (χ2v) is 7.91. The van der Waals surface area contributed by atoms with Crippen molar-refractivity contribution >= 4 is 21.7 Å². The summed E-state index contributed by atoms with van der Waals surface area (Å²) < 4.78 is 32.9. The van der Waals surface area contributed by atoms with Crippen molar-refractivity contribution in [2.75, 3.05) is 10.9 Å². The molecule has 0 bridgehead atoms. The minimum absolute atomic E-state index is 0.161. The van der Waals surface area contributed by atoms with E-state index in [0.717, 1.165) is 5.56 Å². The average molecular weight is 361 g/mol. The monoisotopic (exact) mass is 361 g/mol. The summed E-state index contributed by atoms with van der Waals surface area (Å²) in [7, 11) is -3.71. The Morgan fingerprint density at radius 2 is 2.00 bits per heavy atom. The summed E-state index contributed by atoms with van der Waals surface area (Å²) >= 11 is 0. The molecule has 1 heterocycles. The molecule has 0 radical (unpaired) electrons. The Kier molecular flexibility index (Phi) is 4.43. The number of aryl methyl sites for hydroxylation is 1. The fourth-order valence-corrected chi connectivity index (χ4v) is 4.88. The lowest BCUT2D eigenvalue weighted by molar-refractivity contribution is -0.139. The summed E-state index contributed by atoms with van der Waals surface area (Å²) in [5.74, 6) is -0.727. The van der Waals surface area contributed by atoms with Gasteiger partial charge in [-0.2, -0.15) is 0 Å². The fraction of sp³-hybridized carbons (Fsp3) is 0.278. The number of nitrogens with zero attached hydrogens (tertiary/aromatic N) is 1. The number of fused-ring (bicyclic) bond motifs is 1. The molecule has 1 unspecified atom stereocenters. The quantitative estimate of drug-likeness (QED) is 0.885. The molecule has 1 N–H and O–H groups in total. The van der Waals surface area contributed by atoms with Crippen LogP contribution in [-0.2, 0) is 21.2 Å². The molecular formula is C18H19NO5S. The number of carboxylic acid groups (broad SMARTS) is 1. The van der Waals surface area contributed by atoms with E-state index in [0.29, 0.717) is 23.4 Å². The van der Waals surface area contributed by atoms with Crippen LogP contribution in [0.15, 0.2) is 47.4 Å². The lowest BCUT2D eigenvalue weighted by Crippen LogP contribution is -2.35. The highest BCUT2D eigenvalue weighted by Gasteiger charge is 2.35. The fourth-order valence-electron chi connectivity index (χ4n) is 3.10. The Bertz CT molecular complexity index is 923.